The van der Waals surface area contributed by atoms with Crippen molar-refractivity contribution in [3.05, 3.63) is 16.1 Å². The van der Waals surface area contributed by atoms with Gasteiger partial charge in [0.2, 0.25) is 0 Å². The van der Waals surface area contributed by atoms with Crippen molar-refractivity contribution in [1.29, 1.82) is 0 Å². The lowest BCUT2D eigenvalue weighted by Crippen LogP contribution is -2.41. The maximum Gasteiger partial charge on any atom is 0.315 e. The molecule has 0 bridgehead atoms. The highest BCUT2D eigenvalue weighted by Crippen LogP contribution is 2.27. The van der Waals surface area contributed by atoms with Crippen molar-refractivity contribution in [2.45, 2.75) is 56.7 Å². The molecule has 2 unspecified atom stereocenters. The van der Waals surface area contributed by atoms with Gasteiger partial charge < -0.3 is 10.6 Å². The van der Waals surface area contributed by atoms with Crippen LogP contribution in [0.5, 0.6) is 0 Å². The summed E-state index contributed by atoms with van der Waals surface area (Å²) in [6.07, 6.45) is 8.69. The highest BCUT2D eigenvalue weighted by Gasteiger charge is 2.24. The van der Waals surface area contributed by atoms with E-state index in [1.165, 1.54) is 11.4 Å². The van der Waals surface area contributed by atoms with Gasteiger partial charge in [0.15, 0.2) is 0 Å². The molecule has 0 spiro atoms. The van der Waals surface area contributed by atoms with Gasteiger partial charge in [0, 0.05) is 28.9 Å². The SMILES string of the molecule is CSC1CCC(NC(=O)NCCCCc2nc(C)cs2)C1. The lowest BCUT2D eigenvalue weighted by atomic mass is 10.2. The van der Waals surface area contributed by atoms with Crippen molar-refractivity contribution in [2.24, 2.45) is 0 Å². The summed E-state index contributed by atoms with van der Waals surface area (Å²) in [5, 5.41) is 10.0. The van der Waals surface area contributed by atoms with Gasteiger partial charge in [0.05, 0.1) is 5.01 Å². The summed E-state index contributed by atoms with van der Waals surface area (Å²) >= 11 is 3.64. The first-order chi connectivity index (χ1) is 10.2. The van der Waals surface area contributed by atoms with E-state index in [2.05, 4.69) is 27.3 Å². The fraction of sp³-hybridized carbons (Fsp3) is 0.733. The van der Waals surface area contributed by atoms with Crippen molar-refractivity contribution >= 4 is 29.1 Å². The first kappa shape index (κ1) is 16.6. The molecular formula is C15H25N3OS2. The number of thioether (sulfide) groups is 1. The predicted octanol–water partition coefficient (Wildman–Crippen LogP) is 3.36. The van der Waals surface area contributed by atoms with Gasteiger partial charge in [-0.2, -0.15) is 11.8 Å². The maximum atomic E-state index is 11.8. The van der Waals surface area contributed by atoms with Crippen molar-refractivity contribution in [3.63, 3.8) is 0 Å². The molecule has 1 aliphatic rings. The molecule has 21 heavy (non-hydrogen) atoms. The van der Waals surface area contributed by atoms with Crippen LogP contribution in [0.2, 0.25) is 0 Å². The van der Waals surface area contributed by atoms with E-state index in [1.54, 1.807) is 11.3 Å². The Labute approximate surface area is 135 Å². The standard InChI is InChI=1S/C15H25N3OS2/c1-11-10-21-14(17-11)5-3-4-8-16-15(19)18-12-6-7-13(9-12)20-2/h10,12-13H,3-9H2,1-2H3,(H2,16,18,19). The second-order valence-electron chi connectivity index (χ2n) is 5.61. The third-order valence-corrected chi connectivity index (χ3v) is 5.94. The van der Waals surface area contributed by atoms with Gasteiger partial charge in [-0.15, -0.1) is 11.3 Å². The van der Waals surface area contributed by atoms with E-state index >= 15 is 0 Å². The number of unbranched alkanes of at least 4 members (excludes halogenated alkanes) is 1. The monoisotopic (exact) mass is 327 g/mol. The second kappa shape index (κ2) is 8.63. The minimum absolute atomic E-state index is 0.00755. The van der Waals surface area contributed by atoms with Gasteiger partial charge >= 0.3 is 6.03 Å². The van der Waals surface area contributed by atoms with Crippen LogP contribution >= 0.6 is 23.1 Å². The van der Waals surface area contributed by atoms with Crippen LogP contribution in [0.1, 0.15) is 42.8 Å². The number of urea groups is 1. The van der Waals surface area contributed by atoms with Gasteiger partial charge in [0.25, 0.3) is 0 Å². The number of aryl methyl sites for hydroxylation is 2. The molecule has 6 heteroatoms. The van der Waals surface area contributed by atoms with Gasteiger partial charge in [0.1, 0.15) is 0 Å². The van der Waals surface area contributed by atoms with Crippen LogP contribution in [0.25, 0.3) is 0 Å². The van der Waals surface area contributed by atoms with Gasteiger partial charge in [-0.25, -0.2) is 9.78 Å². The Bertz CT molecular complexity index is 450. The number of hydrogen-bond donors (Lipinski definition) is 2. The lowest BCUT2D eigenvalue weighted by molar-refractivity contribution is 0.237. The molecule has 2 N–H and O–H groups in total. The van der Waals surface area contributed by atoms with Crippen molar-refractivity contribution in [1.82, 2.24) is 15.6 Å². The topological polar surface area (TPSA) is 54.0 Å². The first-order valence-corrected chi connectivity index (χ1v) is 9.82. The Kier molecular flexibility index (Phi) is 6.83. The van der Waals surface area contributed by atoms with Crippen LogP contribution in [-0.4, -0.2) is 35.1 Å². The third-order valence-electron chi connectivity index (χ3n) is 3.82. The number of carbonyl (C=O) groups excluding carboxylic acids is 1. The predicted molar refractivity (Wildman–Crippen MR) is 91.3 cm³/mol. The van der Waals surface area contributed by atoms with E-state index in [1.807, 2.05) is 18.7 Å². The van der Waals surface area contributed by atoms with Crippen LogP contribution in [0.4, 0.5) is 4.79 Å². The molecule has 0 saturated heterocycles. The lowest BCUT2D eigenvalue weighted by Gasteiger charge is -2.13. The molecule has 1 aliphatic carbocycles. The zero-order valence-electron chi connectivity index (χ0n) is 12.9. The molecule has 2 amide bonds. The van der Waals surface area contributed by atoms with Crippen molar-refractivity contribution in [2.75, 3.05) is 12.8 Å². The second-order valence-corrected chi connectivity index (χ2v) is 7.69. The minimum Gasteiger partial charge on any atom is -0.338 e. The quantitative estimate of drug-likeness (QED) is 0.755. The highest BCUT2D eigenvalue weighted by atomic mass is 32.2. The molecule has 4 nitrogen and oxygen atoms in total. The Balaban J connectivity index is 1.51. The molecule has 1 heterocycles. The summed E-state index contributed by atoms with van der Waals surface area (Å²) < 4.78 is 0. The number of hydrogen-bond acceptors (Lipinski definition) is 4. The van der Waals surface area contributed by atoms with E-state index in [0.29, 0.717) is 6.04 Å². The van der Waals surface area contributed by atoms with E-state index in [-0.39, 0.29) is 6.03 Å². The Morgan fingerprint density at radius 3 is 3.00 bits per heavy atom. The number of thiazole rings is 1. The fourth-order valence-corrected chi connectivity index (χ4v) is 4.26. The normalized spacial score (nSPS) is 21.4. The van der Waals surface area contributed by atoms with E-state index in [4.69, 9.17) is 0 Å². The summed E-state index contributed by atoms with van der Waals surface area (Å²) in [4.78, 5) is 16.2. The molecule has 1 fully saturated rings. The molecule has 0 radical (unpaired) electrons. The van der Waals surface area contributed by atoms with Crippen LogP contribution in [0, 0.1) is 6.92 Å². The molecule has 1 aromatic rings. The number of rotatable bonds is 7. The van der Waals surface area contributed by atoms with Gasteiger partial charge in [-0.05, 0) is 51.7 Å². The van der Waals surface area contributed by atoms with E-state index < -0.39 is 0 Å². The summed E-state index contributed by atoms with van der Waals surface area (Å²) in [6.45, 7) is 2.77. The summed E-state index contributed by atoms with van der Waals surface area (Å²) in [5.74, 6) is 0. The van der Waals surface area contributed by atoms with Gasteiger partial charge in [-0.1, -0.05) is 0 Å². The molecule has 118 valence electrons. The number of aromatic nitrogens is 1. The van der Waals surface area contributed by atoms with Crippen LogP contribution in [-0.2, 0) is 6.42 Å². The number of nitrogens with zero attached hydrogens (tertiary/aromatic N) is 1. The smallest absolute Gasteiger partial charge is 0.315 e. The summed E-state index contributed by atoms with van der Waals surface area (Å²) in [5.41, 5.74) is 1.10. The minimum atomic E-state index is -0.00755. The Hall–Kier alpha value is -0.750. The van der Waals surface area contributed by atoms with E-state index in [0.717, 1.165) is 49.6 Å². The Morgan fingerprint density at radius 1 is 1.48 bits per heavy atom. The number of carbonyl (C=O) groups is 1. The maximum absolute atomic E-state index is 11.8. The van der Waals surface area contributed by atoms with Crippen LogP contribution in [0.15, 0.2) is 5.38 Å². The van der Waals surface area contributed by atoms with Gasteiger partial charge in [-0.3, -0.25) is 0 Å². The average Bonchev–Trinajstić information content (AvgIpc) is 3.07. The molecule has 1 saturated carbocycles. The third kappa shape index (κ3) is 5.87. The summed E-state index contributed by atoms with van der Waals surface area (Å²) in [7, 11) is 0. The molecular weight excluding hydrogens is 302 g/mol. The van der Waals surface area contributed by atoms with Crippen LogP contribution in [0.3, 0.4) is 0 Å². The fourth-order valence-electron chi connectivity index (χ4n) is 2.64. The van der Waals surface area contributed by atoms with Crippen molar-refractivity contribution < 1.29 is 4.79 Å². The largest absolute Gasteiger partial charge is 0.338 e. The molecule has 2 rings (SSSR count). The van der Waals surface area contributed by atoms with Crippen LogP contribution < -0.4 is 10.6 Å². The molecule has 0 aliphatic heterocycles. The Morgan fingerprint density at radius 2 is 2.33 bits per heavy atom. The highest BCUT2D eigenvalue weighted by molar-refractivity contribution is 7.99. The van der Waals surface area contributed by atoms with Crippen molar-refractivity contribution in [3.8, 4) is 0 Å². The average molecular weight is 328 g/mol. The number of amides is 2. The first-order valence-electron chi connectivity index (χ1n) is 7.65. The molecule has 2 atom stereocenters. The zero-order chi connectivity index (χ0) is 15.1. The molecule has 0 aromatic carbocycles. The molecule has 1 aromatic heterocycles. The van der Waals surface area contributed by atoms with E-state index in [9.17, 15) is 4.79 Å². The summed E-state index contributed by atoms with van der Waals surface area (Å²) in [6, 6.07) is 0.354. The number of nitrogens with one attached hydrogen (secondary N) is 2. The zero-order valence-corrected chi connectivity index (χ0v) is 14.5.